The normalized spacial score (nSPS) is 19.3. The summed E-state index contributed by atoms with van der Waals surface area (Å²) in [4.78, 5) is 11.8. The Kier molecular flexibility index (Phi) is 5.02. The molecule has 1 saturated heterocycles. The summed E-state index contributed by atoms with van der Waals surface area (Å²) in [6, 6.07) is 3.20. The number of carbonyl (C=O) groups is 1. The number of H-pyrrole nitrogens is 1. The Morgan fingerprint density at radius 2 is 2.29 bits per heavy atom. The Labute approximate surface area is 145 Å². The van der Waals surface area contributed by atoms with E-state index in [4.69, 9.17) is 0 Å². The first-order valence-corrected chi connectivity index (χ1v) is 10.1. The summed E-state index contributed by atoms with van der Waals surface area (Å²) in [5.41, 5.74) is 0.897. The number of amides is 1. The molecule has 2 aromatic rings. The summed E-state index contributed by atoms with van der Waals surface area (Å²) in [6.07, 6.45) is 6.10. The molecule has 1 unspecified atom stereocenters. The van der Waals surface area contributed by atoms with E-state index in [9.17, 15) is 13.2 Å². The van der Waals surface area contributed by atoms with Gasteiger partial charge in [-0.1, -0.05) is 6.42 Å². The summed E-state index contributed by atoms with van der Waals surface area (Å²) in [7, 11) is -3.56. The van der Waals surface area contributed by atoms with Crippen LogP contribution >= 0.6 is 11.3 Å². The standard InChI is InChI=1S/C15H20N4O3S2/c1-11(20)16-10-13-5-6-15(23-13)24(21,22)19-7-3-2-4-14(19)12-8-17-18-9-12/h5-6,8-9,14H,2-4,7,10H2,1H3,(H,16,20)(H,17,18). The third kappa shape index (κ3) is 3.52. The minimum atomic E-state index is -3.56. The number of hydrogen-bond acceptors (Lipinski definition) is 5. The number of nitrogens with one attached hydrogen (secondary N) is 2. The van der Waals surface area contributed by atoms with Gasteiger partial charge in [0.25, 0.3) is 10.0 Å². The Morgan fingerprint density at radius 3 is 3.00 bits per heavy atom. The fourth-order valence-electron chi connectivity index (χ4n) is 2.89. The SMILES string of the molecule is CC(=O)NCc1ccc(S(=O)(=O)N2CCCCC2c2cn[nH]c2)s1. The van der Waals surface area contributed by atoms with Gasteiger partial charge in [0.05, 0.1) is 18.8 Å². The maximum absolute atomic E-state index is 13.1. The van der Waals surface area contributed by atoms with Crippen LogP contribution in [0, 0.1) is 0 Å². The third-order valence-corrected chi connectivity index (χ3v) is 7.53. The number of nitrogens with zero attached hydrogens (tertiary/aromatic N) is 2. The molecule has 9 heteroatoms. The molecule has 0 spiro atoms. The number of thiophene rings is 1. The van der Waals surface area contributed by atoms with Crippen LogP contribution in [0.4, 0.5) is 0 Å². The lowest BCUT2D eigenvalue weighted by Crippen LogP contribution is -2.38. The molecule has 7 nitrogen and oxygen atoms in total. The summed E-state index contributed by atoms with van der Waals surface area (Å²) in [6.45, 7) is 2.30. The number of aromatic amines is 1. The fourth-order valence-corrected chi connectivity index (χ4v) is 6.00. The number of hydrogen-bond donors (Lipinski definition) is 2. The van der Waals surface area contributed by atoms with Crippen LogP contribution in [0.15, 0.2) is 28.7 Å². The van der Waals surface area contributed by atoms with E-state index < -0.39 is 10.0 Å². The van der Waals surface area contributed by atoms with Crippen LogP contribution in [-0.4, -0.2) is 35.4 Å². The van der Waals surface area contributed by atoms with Crippen LogP contribution in [0.2, 0.25) is 0 Å². The molecule has 24 heavy (non-hydrogen) atoms. The molecule has 0 radical (unpaired) electrons. The molecule has 2 aromatic heterocycles. The second-order valence-corrected chi connectivity index (χ2v) is 9.08. The van der Waals surface area contributed by atoms with Crippen LogP contribution in [0.3, 0.4) is 0 Å². The minimum Gasteiger partial charge on any atom is -0.351 e. The van der Waals surface area contributed by atoms with Gasteiger partial charge in [-0.2, -0.15) is 9.40 Å². The van der Waals surface area contributed by atoms with Crippen LogP contribution in [0.25, 0.3) is 0 Å². The Balaban J connectivity index is 1.84. The monoisotopic (exact) mass is 368 g/mol. The van der Waals surface area contributed by atoms with Gasteiger partial charge in [-0.3, -0.25) is 9.89 Å². The van der Waals surface area contributed by atoms with Crippen molar-refractivity contribution in [2.24, 2.45) is 0 Å². The van der Waals surface area contributed by atoms with E-state index in [1.165, 1.54) is 18.3 Å². The van der Waals surface area contributed by atoms with Crippen molar-refractivity contribution in [3.05, 3.63) is 35.0 Å². The maximum Gasteiger partial charge on any atom is 0.253 e. The molecule has 130 valence electrons. The number of rotatable bonds is 5. The second-order valence-electron chi connectivity index (χ2n) is 5.79. The number of piperidine rings is 1. The van der Waals surface area contributed by atoms with Crippen molar-refractivity contribution in [1.82, 2.24) is 19.8 Å². The van der Waals surface area contributed by atoms with Gasteiger partial charge in [-0.25, -0.2) is 8.42 Å². The largest absolute Gasteiger partial charge is 0.351 e. The van der Waals surface area contributed by atoms with Crippen molar-refractivity contribution in [3.8, 4) is 0 Å². The molecule has 1 fully saturated rings. The number of aromatic nitrogens is 2. The summed E-state index contributed by atoms with van der Waals surface area (Å²) >= 11 is 1.21. The minimum absolute atomic E-state index is 0.135. The van der Waals surface area contributed by atoms with Crippen LogP contribution < -0.4 is 5.32 Å². The zero-order valence-electron chi connectivity index (χ0n) is 13.4. The van der Waals surface area contributed by atoms with Crippen molar-refractivity contribution >= 4 is 27.3 Å². The predicted octanol–water partition coefficient (Wildman–Crippen LogP) is 2.02. The van der Waals surface area contributed by atoms with E-state index in [-0.39, 0.29) is 11.9 Å². The van der Waals surface area contributed by atoms with Gasteiger partial charge in [0.15, 0.2) is 0 Å². The van der Waals surface area contributed by atoms with Crippen molar-refractivity contribution < 1.29 is 13.2 Å². The molecule has 0 aliphatic carbocycles. The first-order valence-electron chi connectivity index (χ1n) is 7.82. The van der Waals surface area contributed by atoms with Gasteiger partial charge >= 0.3 is 0 Å². The highest BCUT2D eigenvalue weighted by Crippen LogP contribution is 2.36. The molecule has 1 aliphatic rings. The lowest BCUT2D eigenvalue weighted by molar-refractivity contribution is -0.119. The molecular weight excluding hydrogens is 348 g/mol. The lowest BCUT2D eigenvalue weighted by atomic mass is 10.0. The molecule has 1 atom stereocenters. The van der Waals surface area contributed by atoms with Crippen molar-refractivity contribution in [1.29, 1.82) is 0 Å². The number of carbonyl (C=O) groups excluding carboxylic acids is 1. The average Bonchev–Trinajstić information content (AvgIpc) is 3.25. The third-order valence-electron chi connectivity index (χ3n) is 4.07. The molecule has 1 aliphatic heterocycles. The molecule has 1 amide bonds. The number of sulfonamides is 1. The molecule has 3 rings (SSSR count). The molecule has 0 aromatic carbocycles. The molecule has 2 N–H and O–H groups in total. The van der Waals surface area contributed by atoms with Crippen LogP contribution in [0.1, 0.15) is 42.7 Å². The van der Waals surface area contributed by atoms with Gasteiger partial charge in [0, 0.05) is 30.1 Å². The van der Waals surface area contributed by atoms with Crippen LogP contribution in [-0.2, 0) is 21.4 Å². The lowest BCUT2D eigenvalue weighted by Gasteiger charge is -2.33. The topological polar surface area (TPSA) is 95.2 Å². The molecule has 3 heterocycles. The Hall–Kier alpha value is -1.71. The van der Waals surface area contributed by atoms with Gasteiger partial charge in [0.2, 0.25) is 5.91 Å². The Morgan fingerprint density at radius 1 is 1.46 bits per heavy atom. The van der Waals surface area contributed by atoms with Gasteiger partial charge in [-0.05, 0) is 25.0 Å². The highest BCUT2D eigenvalue weighted by Gasteiger charge is 2.35. The van der Waals surface area contributed by atoms with Gasteiger partial charge < -0.3 is 5.32 Å². The first-order chi connectivity index (χ1) is 11.5. The zero-order valence-corrected chi connectivity index (χ0v) is 15.0. The summed E-state index contributed by atoms with van der Waals surface area (Å²) in [5.74, 6) is -0.135. The van der Waals surface area contributed by atoms with Crippen LogP contribution in [0.5, 0.6) is 0 Å². The fraction of sp³-hybridized carbons (Fsp3) is 0.467. The predicted molar refractivity (Wildman–Crippen MR) is 90.9 cm³/mol. The van der Waals surface area contributed by atoms with E-state index in [1.54, 1.807) is 28.8 Å². The van der Waals surface area contributed by atoms with Crippen molar-refractivity contribution in [2.75, 3.05) is 6.54 Å². The first kappa shape index (κ1) is 17.1. The quantitative estimate of drug-likeness (QED) is 0.844. The van der Waals surface area contributed by atoms with Crippen molar-refractivity contribution in [3.63, 3.8) is 0 Å². The molecular formula is C15H20N4O3S2. The maximum atomic E-state index is 13.1. The van der Waals surface area contributed by atoms with Gasteiger partial charge in [-0.15, -0.1) is 11.3 Å². The van der Waals surface area contributed by atoms with E-state index in [1.807, 2.05) is 0 Å². The molecule has 0 bridgehead atoms. The second kappa shape index (κ2) is 7.04. The summed E-state index contributed by atoms with van der Waals surface area (Å²) in [5, 5.41) is 9.40. The molecule has 0 saturated carbocycles. The van der Waals surface area contributed by atoms with Gasteiger partial charge in [0.1, 0.15) is 4.21 Å². The van der Waals surface area contributed by atoms with E-state index in [0.29, 0.717) is 17.3 Å². The Bertz CT molecular complexity index is 799. The van der Waals surface area contributed by atoms with Crippen molar-refractivity contribution in [2.45, 2.75) is 43.0 Å². The highest BCUT2D eigenvalue weighted by atomic mass is 32.2. The van der Waals surface area contributed by atoms with E-state index in [2.05, 4.69) is 15.5 Å². The smallest absolute Gasteiger partial charge is 0.253 e. The van der Waals surface area contributed by atoms with E-state index in [0.717, 1.165) is 29.7 Å². The zero-order chi connectivity index (χ0) is 17.2. The highest BCUT2D eigenvalue weighted by molar-refractivity contribution is 7.91. The van der Waals surface area contributed by atoms with E-state index >= 15 is 0 Å². The average molecular weight is 368 g/mol. The summed E-state index contributed by atoms with van der Waals surface area (Å²) < 4.78 is 28.0.